The van der Waals surface area contributed by atoms with Crippen molar-refractivity contribution in [3.8, 4) is 5.75 Å². The van der Waals surface area contributed by atoms with Crippen molar-refractivity contribution in [2.45, 2.75) is 37.6 Å². The van der Waals surface area contributed by atoms with Gasteiger partial charge in [0, 0.05) is 6.92 Å². The molecule has 0 aliphatic carbocycles. The van der Waals surface area contributed by atoms with Gasteiger partial charge in [0.1, 0.15) is 28.3 Å². The Labute approximate surface area is 165 Å². The van der Waals surface area contributed by atoms with Crippen LogP contribution >= 0.6 is 27.7 Å². The number of thioether (sulfide) groups is 1. The quantitative estimate of drug-likeness (QED) is 0.292. The number of allylic oxidation sites excluding steroid dienone is 1. The van der Waals surface area contributed by atoms with Crippen LogP contribution in [0.3, 0.4) is 0 Å². The molecule has 1 heterocycles. The zero-order valence-electron chi connectivity index (χ0n) is 14.9. The topological polar surface area (TPSA) is 72.9 Å². The molecule has 1 aromatic carbocycles. The molecule has 2 atom stereocenters. The van der Waals surface area contributed by atoms with Crippen LogP contribution in [0, 0.1) is 0 Å². The normalized spacial score (nSPS) is 18.8. The highest BCUT2D eigenvalue weighted by molar-refractivity contribution is 9.10. The van der Waals surface area contributed by atoms with Crippen molar-refractivity contribution in [3.05, 3.63) is 41.1 Å². The number of hydrogen-bond donors (Lipinski definition) is 0. The monoisotopic (exact) mass is 441 g/mol. The molecule has 1 saturated heterocycles. The van der Waals surface area contributed by atoms with Gasteiger partial charge in [-0.25, -0.2) is 4.79 Å². The number of ether oxygens (including phenoxy) is 2. The second-order valence-corrected chi connectivity index (χ2v) is 8.16. The van der Waals surface area contributed by atoms with E-state index in [4.69, 9.17) is 9.47 Å². The van der Waals surface area contributed by atoms with E-state index in [1.807, 2.05) is 0 Å². The summed E-state index contributed by atoms with van der Waals surface area (Å²) in [6.45, 7) is 4.96. The van der Waals surface area contributed by atoms with Crippen LogP contribution in [0.1, 0.15) is 26.3 Å². The van der Waals surface area contributed by atoms with Crippen molar-refractivity contribution in [2.24, 2.45) is 0 Å². The van der Waals surface area contributed by atoms with E-state index in [1.165, 1.54) is 11.8 Å². The minimum Gasteiger partial charge on any atom is -0.497 e. The van der Waals surface area contributed by atoms with Crippen LogP contribution in [-0.4, -0.2) is 39.2 Å². The van der Waals surface area contributed by atoms with Crippen LogP contribution in [-0.2, 0) is 25.7 Å². The van der Waals surface area contributed by atoms with Gasteiger partial charge in [0.2, 0.25) is 5.91 Å². The maximum atomic E-state index is 12.6. The summed E-state index contributed by atoms with van der Waals surface area (Å²) < 4.78 is 10.5. The highest BCUT2D eigenvalue weighted by atomic mass is 79.9. The first-order valence-corrected chi connectivity index (χ1v) is 9.67. The van der Waals surface area contributed by atoms with Crippen LogP contribution in [0.25, 0.3) is 0 Å². The van der Waals surface area contributed by atoms with Crippen LogP contribution in [0.2, 0.25) is 0 Å². The van der Waals surface area contributed by atoms with Gasteiger partial charge in [0.05, 0.1) is 7.11 Å². The molecule has 2 rings (SSSR count). The summed E-state index contributed by atoms with van der Waals surface area (Å²) in [5, 5.41) is -0.588. The molecule has 1 aliphatic rings. The molecule has 0 unspecified atom stereocenters. The predicted molar refractivity (Wildman–Crippen MR) is 103 cm³/mol. The van der Waals surface area contributed by atoms with E-state index in [9.17, 15) is 14.4 Å². The van der Waals surface area contributed by atoms with E-state index in [0.29, 0.717) is 11.3 Å². The molecule has 0 radical (unpaired) electrons. The average molecular weight is 442 g/mol. The number of rotatable bonds is 6. The summed E-state index contributed by atoms with van der Waals surface area (Å²) >= 11 is 4.27. The van der Waals surface area contributed by atoms with Crippen molar-refractivity contribution >= 4 is 44.7 Å². The lowest BCUT2D eigenvalue weighted by molar-refractivity contribution is -0.149. The zero-order chi connectivity index (χ0) is 19.4. The number of alkyl halides is 1. The Morgan fingerprint density at radius 1 is 1.19 bits per heavy atom. The second kappa shape index (κ2) is 8.73. The Morgan fingerprint density at radius 3 is 2.31 bits per heavy atom. The minimum absolute atomic E-state index is 0.0733. The van der Waals surface area contributed by atoms with Gasteiger partial charge >= 0.3 is 5.97 Å². The molecule has 0 N–H and O–H groups in total. The molecule has 140 valence electrons. The average Bonchev–Trinajstić information content (AvgIpc) is 2.62. The fraction of sp³-hybridized carbons (Fsp3) is 0.389. The predicted octanol–water partition coefficient (Wildman–Crippen LogP) is 3.24. The third-order valence-corrected chi connectivity index (χ3v) is 6.00. The lowest BCUT2D eigenvalue weighted by Crippen LogP contribution is -2.61. The highest BCUT2D eigenvalue weighted by Crippen LogP contribution is 2.39. The first kappa shape index (κ1) is 20.5. The maximum Gasteiger partial charge on any atom is 0.355 e. The van der Waals surface area contributed by atoms with Crippen molar-refractivity contribution in [1.82, 2.24) is 4.90 Å². The summed E-state index contributed by atoms with van der Waals surface area (Å²) in [5.41, 5.74) is 1.62. The molecule has 0 spiro atoms. The third kappa shape index (κ3) is 4.48. The van der Waals surface area contributed by atoms with Gasteiger partial charge in [-0.3, -0.25) is 14.5 Å². The Hall–Kier alpha value is -1.80. The number of esters is 1. The van der Waals surface area contributed by atoms with Crippen LogP contribution in [0.4, 0.5) is 0 Å². The van der Waals surface area contributed by atoms with Crippen molar-refractivity contribution < 1.29 is 23.9 Å². The Bertz CT molecular complexity index is 742. The number of benzene rings is 1. The molecule has 1 aliphatic heterocycles. The van der Waals surface area contributed by atoms with E-state index in [1.54, 1.807) is 45.2 Å². The Balaban J connectivity index is 2.11. The molecule has 26 heavy (non-hydrogen) atoms. The van der Waals surface area contributed by atoms with Gasteiger partial charge in [-0.2, -0.15) is 0 Å². The van der Waals surface area contributed by atoms with E-state index in [0.717, 1.165) is 17.3 Å². The summed E-state index contributed by atoms with van der Waals surface area (Å²) in [4.78, 5) is 37.1. The van der Waals surface area contributed by atoms with Crippen LogP contribution < -0.4 is 4.74 Å². The van der Waals surface area contributed by atoms with Crippen molar-refractivity contribution in [1.29, 1.82) is 0 Å². The zero-order valence-corrected chi connectivity index (χ0v) is 17.3. The molecule has 1 amide bonds. The van der Waals surface area contributed by atoms with Crippen molar-refractivity contribution in [2.75, 3.05) is 7.11 Å². The molecular formula is C18H20BrNO5S. The number of β-lactam (4-membered cyclic amide) rings is 1. The van der Waals surface area contributed by atoms with Gasteiger partial charge in [-0.15, -0.1) is 0 Å². The number of nitrogens with zero attached hydrogens (tertiary/aromatic N) is 1. The summed E-state index contributed by atoms with van der Waals surface area (Å²) in [6.07, 6.45) is 0. The Morgan fingerprint density at radius 2 is 1.81 bits per heavy atom. The molecule has 1 aromatic rings. The fourth-order valence-electron chi connectivity index (χ4n) is 2.43. The van der Waals surface area contributed by atoms with Gasteiger partial charge in [-0.1, -0.05) is 39.8 Å². The van der Waals surface area contributed by atoms with Gasteiger partial charge < -0.3 is 9.47 Å². The summed E-state index contributed by atoms with van der Waals surface area (Å²) in [6, 6.07) is 7.15. The van der Waals surface area contributed by atoms with Crippen molar-refractivity contribution in [3.63, 3.8) is 0 Å². The number of amides is 1. The molecule has 0 saturated carbocycles. The fourth-order valence-corrected chi connectivity index (χ4v) is 4.10. The Kier molecular flexibility index (Phi) is 6.88. The standard InChI is InChI=1S/C18H20BrNO5S/c1-10(2)15(20-16(22)14(19)17(20)26-11(3)21)18(23)25-9-12-5-7-13(24-4)8-6-12/h5-8,14,17H,9H2,1-4H3/t14-,17+/m0/s1. The molecule has 1 fully saturated rings. The number of carbonyl (C=O) groups is 3. The maximum absolute atomic E-state index is 12.6. The summed E-state index contributed by atoms with van der Waals surface area (Å²) in [7, 11) is 1.58. The molecule has 6 nitrogen and oxygen atoms in total. The van der Waals surface area contributed by atoms with Gasteiger partial charge in [0.15, 0.2) is 5.12 Å². The SMILES string of the molecule is COc1ccc(COC(=O)C(=C(C)C)N2C(=O)[C@H](Br)[C@H]2SC(C)=O)cc1. The molecule has 8 heteroatoms. The van der Waals surface area contributed by atoms with Crippen LogP contribution in [0.5, 0.6) is 5.75 Å². The number of likely N-dealkylation sites (tertiary alicyclic amines) is 1. The lowest BCUT2D eigenvalue weighted by Gasteiger charge is -2.44. The number of methoxy groups -OCH3 is 1. The first-order valence-electron chi connectivity index (χ1n) is 7.88. The highest BCUT2D eigenvalue weighted by Gasteiger charge is 2.50. The van der Waals surface area contributed by atoms with E-state index < -0.39 is 16.2 Å². The van der Waals surface area contributed by atoms with E-state index in [2.05, 4.69) is 15.9 Å². The minimum atomic E-state index is -0.595. The number of carbonyl (C=O) groups excluding carboxylic acids is 3. The van der Waals surface area contributed by atoms with E-state index >= 15 is 0 Å². The molecule has 0 bridgehead atoms. The number of halogens is 1. The van der Waals surface area contributed by atoms with Gasteiger partial charge in [-0.05, 0) is 37.1 Å². The molecule has 0 aromatic heterocycles. The lowest BCUT2D eigenvalue weighted by atomic mass is 10.1. The van der Waals surface area contributed by atoms with Crippen LogP contribution in [0.15, 0.2) is 35.5 Å². The van der Waals surface area contributed by atoms with Gasteiger partial charge in [0.25, 0.3) is 0 Å². The van der Waals surface area contributed by atoms with E-state index in [-0.39, 0.29) is 23.3 Å². The first-order chi connectivity index (χ1) is 12.3. The third-order valence-electron chi connectivity index (χ3n) is 3.70. The molecular weight excluding hydrogens is 422 g/mol. The summed E-state index contributed by atoms with van der Waals surface area (Å²) in [5.74, 6) is -0.146. The smallest absolute Gasteiger partial charge is 0.355 e. The second-order valence-electron chi connectivity index (χ2n) is 5.88. The number of hydrogen-bond acceptors (Lipinski definition) is 6. The largest absolute Gasteiger partial charge is 0.497 e.